The molecule has 2 fully saturated rings. The predicted octanol–water partition coefficient (Wildman–Crippen LogP) is 0.407. The van der Waals surface area contributed by atoms with Crippen LogP contribution in [0.4, 0.5) is 0 Å². The zero-order valence-corrected chi connectivity index (χ0v) is 16.7. The first-order valence-corrected chi connectivity index (χ1v) is 9.65. The van der Waals surface area contributed by atoms with E-state index < -0.39 is 24.4 Å². The van der Waals surface area contributed by atoms with E-state index in [2.05, 4.69) is 19.2 Å². The summed E-state index contributed by atoms with van der Waals surface area (Å²) in [6, 6.07) is 0.180. The number of esters is 1. The molecule has 2 aliphatic rings. The fourth-order valence-corrected chi connectivity index (χ4v) is 3.95. The number of nitrogens with zero attached hydrogens (tertiary/aromatic N) is 2. The minimum absolute atomic E-state index is 0.00837. The van der Waals surface area contributed by atoms with E-state index in [1.165, 1.54) is 25.4 Å². The van der Waals surface area contributed by atoms with Crippen LogP contribution in [-0.4, -0.2) is 73.3 Å². The highest BCUT2D eigenvalue weighted by Crippen LogP contribution is 2.35. The quantitative estimate of drug-likeness (QED) is 0.672. The van der Waals surface area contributed by atoms with Crippen LogP contribution in [-0.2, 0) is 23.9 Å². The van der Waals surface area contributed by atoms with Gasteiger partial charge < -0.3 is 19.9 Å². The molecule has 2 rings (SSSR count). The lowest BCUT2D eigenvalue weighted by Crippen LogP contribution is -2.45. The fraction of sp³-hybridized carbons (Fsp3) is 0.789. The summed E-state index contributed by atoms with van der Waals surface area (Å²) in [4.78, 5) is 51.0. The number of ether oxygens (including phenoxy) is 1. The molecular weight excluding hydrogens is 350 g/mol. The summed E-state index contributed by atoms with van der Waals surface area (Å²) in [5.41, 5.74) is 0. The first-order valence-electron chi connectivity index (χ1n) is 9.65. The van der Waals surface area contributed by atoms with E-state index in [1.54, 1.807) is 0 Å². The van der Waals surface area contributed by atoms with Gasteiger partial charge in [0.1, 0.15) is 0 Å². The van der Waals surface area contributed by atoms with Gasteiger partial charge in [-0.3, -0.25) is 19.2 Å². The maximum Gasteiger partial charge on any atom is 0.311 e. The summed E-state index contributed by atoms with van der Waals surface area (Å²) in [7, 11) is 2.95. The van der Waals surface area contributed by atoms with Crippen LogP contribution in [0.15, 0.2) is 0 Å². The molecule has 1 heterocycles. The maximum absolute atomic E-state index is 12.4. The second-order valence-corrected chi connectivity index (χ2v) is 7.81. The van der Waals surface area contributed by atoms with Crippen molar-refractivity contribution in [1.82, 2.24) is 15.1 Å². The standard InChI is InChI=1S/C19H31N3O5/c1-12-6-5-7-15(13(12)2)22-9-14(8-17(22)24)19(26)27-11-18(25)21(4)10-16(23)20-3/h12-15H,5-11H2,1-4H3,(H,20,23)/t12-,13-,14-,15+/m1/s1. The molecule has 0 aromatic rings. The Morgan fingerprint density at radius 3 is 2.63 bits per heavy atom. The fourth-order valence-electron chi connectivity index (χ4n) is 3.95. The molecule has 1 aliphatic carbocycles. The van der Waals surface area contributed by atoms with Gasteiger partial charge in [-0.25, -0.2) is 0 Å². The van der Waals surface area contributed by atoms with Crippen LogP contribution in [0.2, 0.25) is 0 Å². The highest BCUT2D eigenvalue weighted by Gasteiger charge is 2.42. The zero-order valence-electron chi connectivity index (χ0n) is 16.7. The Morgan fingerprint density at radius 1 is 1.26 bits per heavy atom. The third-order valence-electron chi connectivity index (χ3n) is 5.98. The average Bonchev–Trinajstić information content (AvgIpc) is 3.03. The van der Waals surface area contributed by atoms with Gasteiger partial charge in [-0.2, -0.15) is 0 Å². The first-order chi connectivity index (χ1) is 12.7. The lowest BCUT2D eigenvalue weighted by Gasteiger charge is -2.39. The normalized spacial score (nSPS) is 28.0. The summed E-state index contributed by atoms with van der Waals surface area (Å²) >= 11 is 0. The Labute approximate surface area is 160 Å². The van der Waals surface area contributed by atoms with Gasteiger partial charge in [0.25, 0.3) is 5.91 Å². The number of likely N-dealkylation sites (tertiary alicyclic amines) is 1. The van der Waals surface area contributed by atoms with Gasteiger partial charge in [-0.15, -0.1) is 0 Å². The number of carbonyl (C=O) groups is 4. The molecule has 0 unspecified atom stereocenters. The van der Waals surface area contributed by atoms with Gasteiger partial charge in [-0.05, 0) is 18.3 Å². The van der Waals surface area contributed by atoms with E-state index in [0.717, 1.165) is 12.8 Å². The second-order valence-electron chi connectivity index (χ2n) is 7.81. The summed E-state index contributed by atoms with van der Waals surface area (Å²) in [5, 5.41) is 2.42. The molecule has 1 saturated heterocycles. The summed E-state index contributed by atoms with van der Waals surface area (Å²) in [6.45, 7) is 4.23. The Kier molecular flexibility index (Phi) is 7.21. The van der Waals surface area contributed by atoms with Gasteiger partial charge in [0.15, 0.2) is 6.61 Å². The number of carbonyl (C=O) groups excluding carboxylic acids is 4. The lowest BCUT2D eigenvalue weighted by molar-refractivity contribution is -0.155. The molecule has 0 bridgehead atoms. The Hall–Kier alpha value is -2.12. The number of hydrogen-bond donors (Lipinski definition) is 1. The Morgan fingerprint density at radius 2 is 1.96 bits per heavy atom. The van der Waals surface area contributed by atoms with Crippen LogP contribution in [0.25, 0.3) is 0 Å². The molecule has 1 saturated carbocycles. The second kappa shape index (κ2) is 9.19. The molecule has 8 heteroatoms. The summed E-state index contributed by atoms with van der Waals surface area (Å²) in [6.07, 6.45) is 3.39. The van der Waals surface area contributed by atoms with Gasteiger partial charge >= 0.3 is 5.97 Å². The van der Waals surface area contributed by atoms with Crippen molar-refractivity contribution in [1.29, 1.82) is 0 Å². The SMILES string of the molecule is CNC(=O)CN(C)C(=O)COC(=O)[C@@H]1CC(=O)N([C@H]2CCC[C@@H](C)[C@H]2C)C1. The van der Waals surface area contributed by atoms with Gasteiger partial charge in [0.2, 0.25) is 11.8 Å². The molecule has 152 valence electrons. The predicted molar refractivity (Wildman–Crippen MR) is 98.4 cm³/mol. The number of likely N-dealkylation sites (N-methyl/N-ethyl adjacent to an activating group) is 2. The topological polar surface area (TPSA) is 96.0 Å². The monoisotopic (exact) mass is 381 g/mol. The number of amides is 3. The highest BCUT2D eigenvalue weighted by atomic mass is 16.5. The van der Waals surface area contributed by atoms with E-state index in [-0.39, 0.29) is 30.8 Å². The van der Waals surface area contributed by atoms with Crippen molar-refractivity contribution < 1.29 is 23.9 Å². The highest BCUT2D eigenvalue weighted by molar-refractivity contribution is 5.89. The molecule has 0 spiro atoms. The van der Waals surface area contributed by atoms with E-state index >= 15 is 0 Å². The summed E-state index contributed by atoms with van der Waals surface area (Å²) in [5.74, 6) is -0.838. The third kappa shape index (κ3) is 5.20. The Balaban J connectivity index is 1.84. The molecule has 1 N–H and O–H groups in total. The van der Waals surface area contributed by atoms with Gasteiger partial charge in [-0.1, -0.05) is 26.7 Å². The molecule has 0 radical (unpaired) electrons. The molecule has 8 nitrogen and oxygen atoms in total. The van der Waals surface area contributed by atoms with Crippen molar-refractivity contribution in [2.24, 2.45) is 17.8 Å². The summed E-state index contributed by atoms with van der Waals surface area (Å²) < 4.78 is 5.12. The minimum Gasteiger partial charge on any atom is -0.455 e. The van der Waals surface area contributed by atoms with Gasteiger partial charge in [0.05, 0.1) is 12.5 Å². The Bertz CT molecular complexity index is 594. The van der Waals surface area contributed by atoms with Crippen LogP contribution in [0.5, 0.6) is 0 Å². The van der Waals surface area contributed by atoms with Crippen LogP contribution in [0.1, 0.15) is 39.5 Å². The van der Waals surface area contributed by atoms with Crippen LogP contribution >= 0.6 is 0 Å². The molecule has 1 aliphatic heterocycles. The maximum atomic E-state index is 12.4. The molecule has 3 amide bonds. The smallest absolute Gasteiger partial charge is 0.311 e. The van der Waals surface area contributed by atoms with Crippen molar-refractivity contribution >= 4 is 23.7 Å². The molecule has 27 heavy (non-hydrogen) atoms. The van der Waals surface area contributed by atoms with Crippen molar-refractivity contribution in [3.8, 4) is 0 Å². The van der Waals surface area contributed by atoms with Crippen molar-refractivity contribution in [2.75, 3.05) is 33.8 Å². The van der Waals surface area contributed by atoms with Crippen molar-refractivity contribution in [2.45, 2.75) is 45.6 Å². The van der Waals surface area contributed by atoms with E-state index in [9.17, 15) is 19.2 Å². The molecular formula is C19H31N3O5. The third-order valence-corrected chi connectivity index (χ3v) is 5.98. The van der Waals surface area contributed by atoms with Gasteiger partial charge in [0, 0.05) is 33.1 Å². The van der Waals surface area contributed by atoms with E-state index in [1.807, 2.05) is 4.90 Å². The zero-order chi connectivity index (χ0) is 20.1. The molecule has 0 aromatic heterocycles. The molecule has 0 aromatic carbocycles. The van der Waals surface area contributed by atoms with Crippen LogP contribution in [0.3, 0.4) is 0 Å². The largest absolute Gasteiger partial charge is 0.455 e. The van der Waals surface area contributed by atoms with Crippen molar-refractivity contribution in [3.63, 3.8) is 0 Å². The van der Waals surface area contributed by atoms with Crippen LogP contribution in [0, 0.1) is 17.8 Å². The average molecular weight is 381 g/mol. The number of hydrogen-bond acceptors (Lipinski definition) is 5. The van der Waals surface area contributed by atoms with Crippen molar-refractivity contribution in [3.05, 3.63) is 0 Å². The van der Waals surface area contributed by atoms with Crippen LogP contribution < -0.4 is 5.32 Å². The minimum atomic E-state index is -0.529. The lowest BCUT2D eigenvalue weighted by atomic mass is 9.77. The van der Waals surface area contributed by atoms with E-state index in [4.69, 9.17) is 4.74 Å². The number of rotatable bonds is 6. The molecule has 4 atom stereocenters. The first kappa shape index (κ1) is 21.2. The number of nitrogens with one attached hydrogen (secondary N) is 1. The van der Waals surface area contributed by atoms with E-state index in [0.29, 0.717) is 18.4 Å².